The molecule has 5 nitrogen and oxygen atoms in total. The fourth-order valence-electron chi connectivity index (χ4n) is 4.89. The number of nitrogens with zero attached hydrogens (tertiary/aromatic N) is 2. The van der Waals surface area contributed by atoms with Crippen LogP contribution in [0.5, 0.6) is 5.75 Å². The first kappa shape index (κ1) is 27.2. The number of allylic oxidation sites excluding steroid dienone is 1. The number of hydrogen-bond donors (Lipinski definition) is 1. The van der Waals surface area contributed by atoms with Crippen molar-refractivity contribution in [3.63, 3.8) is 0 Å². The lowest BCUT2D eigenvalue weighted by molar-refractivity contribution is 0.0952. The molecule has 0 aliphatic carbocycles. The highest BCUT2D eigenvalue weighted by Crippen LogP contribution is 2.21. The van der Waals surface area contributed by atoms with Crippen LogP contribution in [0, 0.1) is 13.8 Å². The van der Waals surface area contributed by atoms with Crippen molar-refractivity contribution in [2.75, 3.05) is 13.2 Å². The Balaban J connectivity index is 1.26. The highest BCUT2D eigenvalue weighted by molar-refractivity contribution is 5.95. The molecular formula is C33H39N3O2. The summed E-state index contributed by atoms with van der Waals surface area (Å²) in [6, 6.07) is 22.5. The highest BCUT2D eigenvalue weighted by Gasteiger charge is 2.11. The van der Waals surface area contributed by atoms with Crippen LogP contribution in [0.1, 0.15) is 58.6 Å². The van der Waals surface area contributed by atoms with Crippen molar-refractivity contribution in [1.82, 2.24) is 14.9 Å². The van der Waals surface area contributed by atoms with Crippen molar-refractivity contribution in [2.45, 2.75) is 58.9 Å². The molecule has 0 radical (unpaired) electrons. The SMILES string of the molecule is C=CCc1ccccc1OCCCn1c(CCCCCNC(=O)c2ccc(C)cc2C)nc2ccccc21. The number of carbonyl (C=O) groups is 1. The van der Waals surface area contributed by atoms with Crippen LogP contribution < -0.4 is 10.1 Å². The minimum atomic E-state index is 0.0126. The van der Waals surface area contributed by atoms with E-state index in [2.05, 4.69) is 46.8 Å². The molecule has 3 aromatic carbocycles. The van der Waals surface area contributed by atoms with Crippen LogP contribution >= 0.6 is 0 Å². The zero-order valence-electron chi connectivity index (χ0n) is 22.7. The van der Waals surface area contributed by atoms with Crippen LogP contribution in [0.4, 0.5) is 0 Å². The largest absolute Gasteiger partial charge is 0.493 e. The van der Waals surface area contributed by atoms with E-state index in [1.165, 1.54) is 16.6 Å². The Morgan fingerprint density at radius 1 is 1.00 bits per heavy atom. The molecule has 0 unspecified atom stereocenters. The van der Waals surface area contributed by atoms with Gasteiger partial charge >= 0.3 is 0 Å². The molecule has 0 aliphatic rings. The molecule has 4 aromatic rings. The molecule has 0 aliphatic heterocycles. The molecule has 198 valence electrons. The van der Waals surface area contributed by atoms with Gasteiger partial charge in [0.15, 0.2) is 0 Å². The first-order valence-corrected chi connectivity index (χ1v) is 13.7. The predicted octanol–water partition coefficient (Wildman–Crippen LogP) is 6.99. The van der Waals surface area contributed by atoms with Gasteiger partial charge < -0.3 is 14.6 Å². The standard InChI is InChI=1S/C33H39N3O2/c1-4-13-27-14-7-10-17-31(27)38-23-12-22-36-30-16-9-8-15-29(30)35-32(36)18-6-5-11-21-34-33(37)28-20-19-25(2)24-26(28)3/h4,7-10,14-17,19-20,24H,1,5-6,11-13,18,21-23H2,2-3H3,(H,34,37). The fraction of sp³-hybridized carbons (Fsp3) is 0.333. The number of benzene rings is 3. The summed E-state index contributed by atoms with van der Waals surface area (Å²) < 4.78 is 8.46. The zero-order valence-corrected chi connectivity index (χ0v) is 22.7. The van der Waals surface area contributed by atoms with Crippen molar-refractivity contribution < 1.29 is 9.53 Å². The third-order valence-corrected chi connectivity index (χ3v) is 6.84. The average molecular weight is 510 g/mol. The van der Waals surface area contributed by atoms with Crippen molar-refractivity contribution in [3.8, 4) is 5.75 Å². The molecule has 0 spiro atoms. The number of hydrogen-bond acceptors (Lipinski definition) is 3. The Labute approximate surface area is 226 Å². The van der Waals surface area contributed by atoms with Gasteiger partial charge in [-0.1, -0.05) is 60.5 Å². The minimum absolute atomic E-state index is 0.0126. The lowest BCUT2D eigenvalue weighted by Crippen LogP contribution is -2.25. The third-order valence-electron chi connectivity index (χ3n) is 6.84. The number of rotatable bonds is 14. The summed E-state index contributed by atoms with van der Waals surface area (Å²) in [6.45, 7) is 10.1. The Morgan fingerprint density at radius 3 is 2.66 bits per heavy atom. The monoisotopic (exact) mass is 509 g/mol. The zero-order chi connectivity index (χ0) is 26.7. The van der Waals surface area contributed by atoms with E-state index in [0.29, 0.717) is 13.2 Å². The van der Waals surface area contributed by atoms with E-state index in [9.17, 15) is 4.79 Å². The summed E-state index contributed by atoms with van der Waals surface area (Å²) >= 11 is 0. The Morgan fingerprint density at radius 2 is 1.82 bits per heavy atom. The summed E-state index contributed by atoms with van der Waals surface area (Å²) in [5.74, 6) is 2.07. The molecule has 1 amide bonds. The highest BCUT2D eigenvalue weighted by atomic mass is 16.5. The Kier molecular flexibility index (Phi) is 9.74. The first-order chi connectivity index (χ1) is 18.6. The third kappa shape index (κ3) is 7.12. The van der Waals surface area contributed by atoms with Gasteiger partial charge in [0, 0.05) is 25.1 Å². The topological polar surface area (TPSA) is 56.1 Å². The smallest absolute Gasteiger partial charge is 0.251 e. The normalized spacial score (nSPS) is 11.0. The van der Waals surface area contributed by atoms with Crippen molar-refractivity contribution in [3.05, 3.63) is 107 Å². The Bertz CT molecular complexity index is 1370. The van der Waals surface area contributed by atoms with Gasteiger partial charge in [0.2, 0.25) is 0 Å². The van der Waals surface area contributed by atoms with Crippen LogP contribution in [0.15, 0.2) is 79.4 Å². The lowest BCUT2D eigenvalue weighted by atomic mass is 10.1. The first-order valence-electron chi connectivity index (χ1n) is 13.7. The quantitative estimate of drug-likeness (QED) is 0.147. The van der Waals surface area contributed by atoms with Gasteiger partial charge in [-0.05, 0) is 74.9 Å². The number of nitrogens with one attached hydrogen (secondary N) is 1. The van der Waals surface area contributed by atoms with E-state index in [0.717, 1.165) is 73.3 Å². The number of aromatic nitrogens is 2. The fourth-order valence-corrected chi connectivity index (χ4v) is 4.89. The summed E-state index contributed by atoms with van der Waals surface area (Å²) in [5, 5.41) is 3.07. The molecule has 38 heavy (non-hydrogen) atoms. The molecule has 1 aromatic heterocycles. The van der Waals surface area contributed by atoms with E-state index in [4.69, 9.17) is 9.72 Å². The average Bonchev–Trinajstić information content (AvgIpc) is 3.26. The van der Waals surface area contributed by atoms with Gasteiger partial charge in [-0.25, -0.2) is 4.98 Å². The van der Waals surface area contributed by atoms with Crippen molar-refractivity contribution >= 4 is 16.9 Å². The second kappa shape index (κ2) is 13.6. The van der Waals surface area contributed by atoms with Crippen molar-refractivity contribution in [1.29, 1.82) is 0 Å². The van der Waals surface area contributed by atoms with Crippen LogP contribution in [0.3, 0.4) is 0 Å². The number of imidazole rings is 1. The van der Waals surface area contributed by atoms with E-state index < -0.39 is 0 Å². The number of amides is 1. The molecule has 4 rings (SSSR count). The second-order valence-corrected chi connectivity index (χ2v) is 9.86. The van der Waals surface area contributed by atoms with E-state index in [-0.39, 0.29) is 5.91 Å². The Hall–Kier alpha value is -3.86. The van der Waals surface area contributed by atoms with E-state index in [1.54, 1.807) is 0 Å². The predicted molar refractivity (Wildman–Crippen MR) is 156 cm³/mol. The molecule has 0 saturated heterocycles. The van der Waals surface area contributed by atoms with Gasteiger partial charge in [0.05, 0.1) is 17.6 Å². The summed E-state index contributed by atoms with van der Waals surface area (Å²) in [7, 11) is 0. The molecular weight excluding hydrogens is 470 g/mol. The molecule has 5 heteroatoms. The van der Waals surface area contributed by atoms with Gasteiger partial charge in [-0.2, -0.15) is 0 Å². The summed E-state index contributed by atoms with van der Waals surface area (Å²) in [6.07, 6.45) is 7.57. The summed E-state index contributed by atoms with van der Waals surface area (Å²) in [4.78, 5) is 17.4. The number of fused-ring (bicyclic) bond motifs is 1. The molecule has 0 atom stereocenters. The molecule has 1 N–H and O–H groups in total. The number of carbonyl (C=O) groups excluding carboxylic acids is 1. The number of para-hydroxylation sites is 3. The maximum atomic E-state index is 12.5. The van der Waals surface area contributed by atoms with Crippen molar-refractivity contribution in [2.24, 2.45) is 0 Å². The van der Waals surface area contributed by atoms with Crippen LogP contribution in [-0.4, -0.2) is 28.6 Å². The van der Waals surface area contributed by atoms with E-state index >= 15 is 0 Å². The van der Waals surface area contributed by atoms with Gasteiger partial charge in [0.25, 0.3) is 5.91 Å². The van der Waals surface area contributed by atoms with Gasteiger partial charge in [-0.15, -0.1) is 6.58 Å². The van der Waals surface area contributed by atoms with Crippen LogP contribution in [-0.2, 0) is 19.4 Å². The maximum absolute atomic E-state index is 12.5. The molecule has 1 heterocycles. The number of aryl methyl sites for hydroxylation is 4. The summed E-state index contributed by atoms with van der Waals surface area (Å²) in [5.41, 5.74) is 6.34. The van der Waals surface area contributed by atoms with E-state index in [1.807, 2.05) is 56.3 Å². The van der Waals surface area contributed by atoms with Crippen LogP contribution in [0.2, 0.25) is 0 Å². The van der Waals surface area contributed by atoms with Crippen LogP contribution in [0.25, 0.3) is 11.0 Å². The number of unbranched alkanes of at least 4 members (excludes halogenated alkanes) is 2. The molecule has 0 bridgehead atoms. The number of ether oxygens (including phenoxy) is 1. The lowest BCUT2D eigenvalue weighted by Gasteiger charge is -2.12. The maximum Gasteiger partial charge on any atom is 0.251 e. The minimum Gasteiger partial charge on any atom is -0.493 e. The molecule has 0 fully saturated rings. The molecule has 0 saturated carbocycles. The van der Waals surface area contributed by atoms with Gasteiger partial charge in [-0.3, -0.25) is 4.79 Å². The second-order valence-electron chi connectivity index (χ2n) is 9.86. The van der Waals surface area contributed by atoms with Gasteiger partial charge in [0.1, 0.15) is 11.6 Å².